The number of nitrogens with two attached hydrogens (primary N) is 1. The van der Waals surface area contributed by atoms with Gasteiger partial charge >= 0.3 is 13.7 Å². The van der Waals surface area contributed by atoms with Gasteiger partial charge in [0, 0.05) is 0 Å². The van der Waals surface area contributed by atoms with Gasteiger partial charge in [0.05, 0.1) is 5.69 Å². The molecule has 0 bridgehead atoms. The molecule has 2 fully saturated rings. The van der Waals surface area contributed by atoms with E-state index in [1.807, 2.05) is 6.07 Å². The van der Waals surface area contributed by atoms with Crippen molar-refractivity contribution in [2.45, 2.75) is 89.4 Å². The number of carbonyl (C=O) groups is 1. The average molecular weight is 657 g/mol. The Morgan fingerprint density at radius 2 is 1.91 bits per heavy atom. The number of ether oxygens (including phenoxy) is 2. The molecule has 0 spiro atoms. The number of aromatic nitrogens is 3. The van der Waals surface area contributed by atoms with Crippen LogP contribution in [0.5, 0.6) is 5.75 Å². The molecule has 2 aliphatic rings. The molecular weight excluding hydrogens is 615 g/mol. The Hall–Kier alpha value is -3.57. The minimum atomic E-state index is -4.43. The molecule has 1 aliphatic heterocycles. The Morgan fingerprint density at radius 3 is 2.57 bits per heavy atom. The Bertz CT molecular complexity index is 1620. The van der Waals surface area contributed by atoms with Gasteiger partial charge in [-0.1, -0.05) is 39.0 Å². The van der Waals surface area contributed by atoms with Crippen LogP contribution < -0.4 is 15.3 Å². The van der Waals surface area contributed by atoms with Crippen LogP contribution in [-0.4, -0.2) is 67.3 Å². The quantitative estimate of drug-likeness (QED) is 0.182. The van der Waals surface area contributed by atoms with Crippen LogP contribution in [0, 0.1) is 22.7 Å². The zero-order chi connectivity index (χ0) is 33.3. The molecule has 1 saturated carbocycles. The first-order valence-electron chi connectivity index (χ1n) is 15.3. The third kappa shape index (κ3) is 7.05. The van der Waals surface area contributed by atoms with Crippen LogP contribution in [0.15, 0.2) is 48.8 Å². The number of rotatable bonds is 10. The van der Waals surface area contributed by atoms with E-state index in [-0.39, 0.29) is 23.1 Å². The minimum Gasteiger partial charge on any atom is -0.461 e. The van der Waals surface area contributed by atoms with Crippen molar-refractivity contribution in [3.63, 3.8) is 0 Å². The normalized spacial score (nSPS) is 28.7. The lowest BCUT2D eigenvalue weighted by molar-refractivity contribution is -0.153. The van der Waals surface area contributed by atoms with Crippen molar-refractivity contribution in [1.82, 2.24) is 19.7 Å². The Balaban J connectivity index is 1.31. The number of nitrogens with zero attached hydrogens (tertiary/aromatic N) is 4. The third-order valence-corrected chi connectivity index (χ3v) is 10.4. The van der Waals surface area contributed by atoms with E-state index in [9.17, 15) is 24.8 Å². The number of carbonyl (C=O) groups excluding carboxylic acids is 1. The number of nitriles is 1. The summed E-state index contributed by atoms with van der Waals surface area (Å²) in [4.78, 5) is 17.0. The second-order valence-corrected chi connectivity index (χ2v) is 14.7. The maximum absolute atomic E-state index is 14.2. The number of benzene rings is 1. The summed E-state index contributed by atoms with van der Waals surface area (Å²) in [5.74, 6) is 0.240. The zero-order valence-corrected chi connectivity index (χ0v) is 27.2. The van der Waals surface area contributed by atoms with Crippen molar-refractivity contribution in [3.05, 3.63) is 54.5 Å². The summed E-state index contributed by atoms with van der Waals surface area (Å²) in [7, 11) is -4.43. The Labute approximate surface area is 267 Å². The lowest BCUT2D eigenvalue weighted by Crippen LogP contribution is -2.46. The van der Waals surface area contributed by atoms with Gasteiger partial charge in [-0.05, 0) is 68.2 Å². The molecule has 0 radical (unpaired) electrons. The number of para-hydroxylation sites is 1. The largest absolute Gasteiger partial charge is 0.461 e. The lowest BCUT2D eigenvalue weighted by atomic mass is 9.72. The highest BCUT2D eigenvalue weighted by atomic mass is 31.2. The Morgan fingerprint density at radius 1 is 1.22 bits per heavy atom. The van der Waals surface area contributed by atoms with Gasteiger partial charge in [0.2, 0.25) is 5.60 Å². The van der Waals surface area contributed by atoms with Gasteiger partial charge in [-0.3, -0.25) is 9.32 Å². The van der Waals surface area contributed by atoms with E-state index in [2.05, 4.69) is 35.9 Å². The maximum Gasteiger partial charge on any atom is 0.459 e. The number of aliphatic hydroxyl groups excluding tert-OH is 2. The van der Waals surface area contributed by atoms with Crippen molar-refractivity contribution in [3.8, 4) is 11.8 Å². The first-order chi connectivity index (χ1) is 21.7. The number of hydrogen-bond donors (Lipinski definition) is 4. The summed E-state index contributed by atoms with van der Waals surface area (Å²) in [5, 5.41) is 39.0. The van der Waals surface area contributed by atoms with Gasteiger partial charge < -0.3 is 29.9 Å². The van der Waals surface area contributed by atoms with Gasteiger partial charge in [-0.25, -0.2) is 14.1 Å². The molecule has 5 N–H and O–H groups in total. The highest BCUT2D eigenvalue weighted by Gasteiger charge is 2.57. The summed E-state index contributed by atoms with van der Waals surface area (Å²) in [6.07, 6.45) is -0.332. The van der Waals surface area contributed by atoms with E-state index < -0.39 is 50.3 Å². The zero-order valence-electron chi connectivity index (χ0n) is 26.3. The van der Waals surface area contributed by atoms with Gasteiger partial charge in [-0.15, -0.1) is 0 Å². The van der Waals surface area contributed by atoms with Crippen LogP contribution in [0.2, 0.25) is 0 Å². The number of esters is 1. The highest BCUT2D eigenvalue weighted by molar-refractivity contribution is 7.52. The smallest absolute Gasteiger partial charge is 0.459 e. The summed E-state index contributed by atoms with van der Waals surface area (Å²) in [6.45, 7) is 7.30. The van der Waals surface area contributed by atoms with Crippen LogP contribution in [0.1, 0.15) is 65.2 Å². The van der Waals surface area contributed by atoms with E-state index in [0.29, 0.717) is 17.1 Å². The summed E-state index contributed by atoms with van der Waals surface area (Å²) in [5.41, 5.74) is 4.64. The number of nitrogens with one attached hydrogen (secondary N) is 1. The van der Waals surface area contributed by atoms with Crippen LogP contribution in [0.25, 0.3) is 5.52 Å². The second kappa shape index (κ2) is 13.3. The van der Waals surface area contributed by atoms with Crippen molar-refractivity contribution in [1.29, 1.82) is 5.26 Å². The minimum absolute atomic E-state index is 0.160. The molecule has 1 aliphatic carbocycles. The average Bonchev–Trinajstić information content (AvgIpc) is 3.56. The van der Waals surface area contributed by atoms with E-state index >= 15 is 0 Å². The number of anilines is 1. The van der Waals surface area contributed by atoms with Gasteiger partial charge in [0.25, 0.3) is 0 Å². The van der Waals surface area contributed by atoms with Crippen molar-refractivity contribution in [2.75, 3.05) is 12.3 Å². The predicted molar refractivity (Wildman–Crippen MR) is 166 cm³/mol. The number of aliphatic hydroxyl groups is 2. The van der Waals surface area contributed by atoms with Crippen molar-refractivity contribution >= 4 is 25.1 Å². The number of nitrogen functional groups attached to an aromatic ring is 1. The predicted octanol–water partition coefficient (Wildman–Crippen LogP) is 3.70. The highest BCUT2D eigenvalue weighted by Crippen LogP contribution is 2.48. The summed E-state index contributed by atoms with van der Waals surface area (Å²) in [6, 6.07) is 12.1. The van der Waals surface area contributed by atoms with Gasteiger partial charge in [0.1, 0.15) is 60.7 Å². The van der Waals surface area contributed by atoms with Crippen molar-refractivity contribution < 1.29 is 38.1 Å². The summed E-state index contributed by atoms with van der Waals surface area (Å²) < 4.78 is 38.7. The molecule has 2 aromatic heterocycles. The van der Waals surface area contributed by atoms with Crippen LogP contribution in [0.3, 0.4) is 0 Å². The monoisotopic (exact) mass is 656 g/mol. The van der Waals surface area contributed by atoms with E-state index in [1.165, 1.54) is 17.8 Å². The standard InChI is InChI=1S/C31H41N6O8P/c1-19(29(40)43-21-12-10-20(11-13-21)30(2,3)4)36-46(41,45-22-8-6-5-7-9-22)42-17-31(16-32)27(39)25(38)26(44-31)23-14-15-24-28(33)34-18-35-37(23)24/h5-9,14-15,18-21,25-27,38-39H,10-13,17H2,1-4H3,(H,36,41)(H2,33,34,35)/t19-,20-,21-,25-,26-,27-,31+,46?/m0/s1. The van der Waals surface area contributed by atoms with Crippen LogP contribution in [-0.2, 0) is 23.4 Å². The summed E-state index contributed by atoms with van der Waals surface area (Å²) >= 11 is 0. The fourth-order valence-corrected chi connectivity index (χ4v) is 7.49. The van der Waals surface area contributed by atoms with Gasteiger partial charge in [0.15, 0.2) is 5.82 Å². The first-order valence-corrected chi connectivity index (χ1v) is 16.8. The van der Waals surface area contributed by atoms with E-state index in [4.69, 9.17) is 24.3 Å². The topological polar surface area (TPSA) is 204 Å². The fraction of sp³-hybridized carbons (Fsp3) is 0.548. The molecule has 5 rings (SSSR count). The second-order valence-electron chi connectivity index (χ2n) is 13.0. The van der Waals surface area contributed by atoms with E-state index in [0.717, 1.165) is 25.7 Å². The van der Waals surface area contributed by atoms with Crippen molar-refractivity contribution in [2.24, 2.45) is 11.3 Å². The molecule has 1 saturated heterocycles. The molecule has 0 amide bonds. The molecule has 14 nitrogen and oxygen atoms in total. The molecule has 46 heavy (non-hydrogen) atoms. The number of fused-ring (bicyclic) bond motifs is 1. The molecule has 3 heterocycles. The fourth-order valence-electron chi connectivity index (χ4n) is 5.97. The first kappa shape index (κ1) is 33.8. The van der Waals surface area contributed by atoms with Gasteiger partial charge in [-0.2, -0.15) is 15.4 Å². The van der Waals surface area contributed by atoms with Crippen LogP contribution >= 0.6 is 7.75 Å². The van der Waals surface area contributed by atoms with Crippen LogP contribution in [0.4, 0.5) is 5.82 Å². The molecular formula is C31H41N6O8P. The van der Waals surface area contributed by atoms with E-state index in [1.54, 1.807) is 42.5 Å². The molecule has 3 aromatic rings. The molecule has 6 atom stereocenters. The molecule has 1 unspecified atom stereocenters. The maximum atomic E-state index is 14.2. The molecule has 15 heteroatoms. The molecule has 1 aromatic carbocycles. The number of hydrogen-bond acceptors (Lipinski definition) is 12. The molecule has 248 valence electrons. The lowest BCUT2D eigenvalue weighted by Gasteiger charge is -2.37. The Kier molecular flexibility index (Phi) is 9.75. The SMILES string of the molecule is C[C@H](NP(=O)(OC[C@@]1(C#N)O[C@@H](c2ccc3c(N)ncnn23)[C@H](O)[C@@H]1O)Oc1ccccc1)C(=O)O[C@H]1CC[C@H](C(C)(C)C)CC1. The third-order valence-electron chi connectivity index (χ3n) is 8.75.